The molecule has 1 aromatic carbocycles. The molecular formula is C17H26N6. The third kappa shape index (κ3) is 5.39. The van der Waals surface area contributed by atoms with E-state index in [9.17, 15) is 0 Å². The van der Waals surface area contributed by atoms with Gasteiger partial charge in [-0.15, -0.1) is 0 Å². The van der Waals surface area contributed by atoms with Gasteiger partial charge in [-0.2, -0.15) is 15.0 Å². The summed E-state index contributed by atoms with van der Waals surface area (Å²) in [5.41, 5.74) is 8.02. The van der Waals surface area contributed by atoms with Gasteiger partial charge in [0.1, 0.15) is 0 Å². The van der Waals surface area contributed by atoms with Crippen LogP contribution in [0, 0.1) is 0 Å². The van der Waals surface area contributed by atoms with Crippen molar-refractivity contribution in [3.63, 3.8) is 0 Å². The number of nitrogens with zero attached hydrogens (tertiary/aromatic N) is 4. The average Bonchev–Trinajstić information content (AvgIpc) is 2.52. The Hall–Kier alpha value is -2.37. The van der Waals surface area contributed by atoms with E-state index < -0.39 is 0 Å². The summed E-state index contributed by atoms with van der Waals surface area (Å²) in [4.78, 5) is 14.3. The number of hydrogen-bond donors (Lipinski definition) is 2. The van der Waals surface area contributed by atoms with E-state index in [1.54, 1.807) is 4.90 Å². The first kappa shape index (κ1) is 17.0. The third-order valence-electron chi connectivity index (χ3n) is 3.57. The van der Waals surface area contributed by atoms with E-state index in [0.29, 0.717) is 11.9 Å². The Balaban J connectivity index is 1.98. The minimum Gasteiger partial charge on any atom is -0.368 e. The van der Waals surface area contributed by atoms with E-state index in [1.807, 2.05) is 26.2 Å². The fraction of sp³-hybridized carbons (Fsp3) is 0.471. The van der Waals surface area contributed by atoms with Crippen molar-refractivity contribution >= 4 is 23.5 Å². The first-order valence-electron chi connectivity index (χ1n) is 8.13. The second kappa shape index (κ2) is 8.31. The number of benzene rings is 1. The topological polar surface area (TPSA) is 80.0 Å². The largest absolute Gasteiger partial charge is 0.368 e. The predicted molar refractivity (Wildman–Crippen MR) is 96.1 cm³/mol. The zero-order valence-electron chi connectivity index (χ0n) is 14.2. The van der Waals surface area contributed by atoms with E-state index in [0.717, 1.165) is 12.1 Å². The monoisotopic (exact) mass is 314 g/mol. The Kier molecular flexibility index (Phi) is 6.14. The minimum absolute atomic E-state index is 0.207. The molecule has 6 nitrogen and oxygen atoms in total. The van der Waals surface area contributed by atoms with Crippen LogP contribution in [0.5, 0.6) is 0 Å². The second-order valence-corrected chi connectivity index (χ2v) is 5.84. The zero-order chi connectivity index (χ0) is 16.7. The maximum Gasteiger partial charge on any atom is 0.233 e. The van der Waals surface area contributed by atoms with Gasteiger partial charge < -0.3 is 16.0 Å². The van der Waals surface area contributed by atoms with Gasteiger partial charge in [-0.1, -0.05) is 38.3 Å². The number of nitrogens with one attached hydrogen (secondary N) is 1. The molecule has 6 heteroatoms. The van der Waals surface area contributed by atoms with Gasteiger partial charge in [-0.05, 0) is 30.5 Å². The van der Waals surface area contributed by atoms with Gasteiger partial charge in [0, 0.05) is 19.8 Å². The van der Waals surface area contributed by atoms with Crippen LogP contribution >= 0.6 is 0 Å². The number of hydrogen-bond acceptors (Lipinski definition) is 6. The second-order valence-electron chi connectivity index (χ2n) is 5.84. The Labute approximate surface area is 138 Å². The lowest BCUT2D eigenvalue weighted by Crippen LogP contribution is -2.15. The van der Waals surface area contributed by atoms with Gasteiger partial charge in [-0.3, -0.25) is 0 Å². The number of unbranched alkanes of at least 4 members (excludes halogenated alkanes) is 3. The van der Waals surface area contributed by atoms with Crippen molar-refractivity contribution in [3.8, 4) is 0 Å². The summed E-state index contributed by atoms with van der Waals surface area (Å²) in [6, 6.07) is 8.38. The first-order chi connectivity index (χ1) is 11.1. The van der Waals surface area contributed by atoms with Crippen LogP contribution in [0.1, 0.15) is 38.2 Å². The fourth-order valence-corrected chi connectivity index (χ4v) is 2.28. The molecule has 0 saturated carbocycles. The summed E-state index contributed by atoms with van der Waals surface area (Å²) in [6.07, 6.45) is 6.26. The highest BCUT2D eigenvalue weighted by Crippen LogP contribution is 2.17. The molecule has 0 atom stereocenters. The molecule has 124 valence electrons. The van der Waals surface area contributed by atoms with Crippen molar-refractivity contribution in [2.24, 2.45) is 0 Å². The standard InChI is InChI=1S/C17H26N6/c1-4-5-6-7-8-13-9-11-14(12-10-13)19-16-20-15(18)21-17(22-16)23(2)3/h9-12H,4-8H2,1-3H3,(H3,18,19,20,21,22). The normalized spacial score (nSPS) is 10.6. The summed E-state index contributed by atoms with van der Waals surface area (Å²) in [7, 11) is 3.73. The summed E-state index contributed by atoms with van der Waals surface area (Å²) < 4.78 is 0. The Morgan fingerprint density at radius 3 is 2.39 bits per heavy atom. The summed E-state index contributed by atoms with van der Waals surface area (Å²) >= 11 is 0. The van der Waals surface area contributed by atoms with Crippen LogP contribution < -0.4 is 16.0 Å². The predicted octanol–water partition coefficient (Wildman–Crippen LogP) is 3.39. The summed E-state index contributed by atoms with van der Waals surface area (Å²) in [5.74, 6) is 1.20. The molecular weight excluding hydrogens is 288 g/mol. The Morgan fingerprint density at radius 2 is 1.74 bits per heavy atom. The zero-order valence-corrected chi connectivity index (χ0v) is 14.2. The lowest BCUT2D eigenvalue weighted by molar-refractivity contribution is 0.667. The molecule has 1 aromatic heterocycles. The SMILES string of the molecule is CCCCCCc1ccc(Nc2nc(N)nc(N(C)C)n2)cc1. The molecule has 0 aliphatic heterocycles. The number of rotatable bonds is 8. The Bertz CT molecular complexity index is 609. The lowest BCUT2D eigenvalue weighted by Gasteiger charge is -2.12. The summed E-state index contributed by atoms with van der Waals surface area (Å²) in [5, 5.41) is 3.17. The van der Waals surface area contributed by atoms with Crippen LogP contribution in [0.4, 0.5) is 23.5 Å². The van der Waals surface area contributed by atoms with Crippen molar-refractivity contribution in [1.29, 1.82) is 0 Å². The van der Waals surface area contributed by atoms with Gasteiger partial charge in [0.15, 0.2) is 0 Å². The quantitative estimate of drug-likeness (QED) is 0.727. The van der Waals surface area contributed by atoms with E-state index >= 15 is 0 Å². The maximum atomic E-state index is 5.73. The van der Waals surface area contributed by atoms with Crippen molar-refractivity contribution in [2.45, 2.75) is 39.0 Å². The molecule has 0 fully saturated rings. The summed E-state index contributed by atoms with van der Waals surface area (Å²) in [6.45, 7) is 2.23. The third-order valence-corrected chi connectivity index (χ3v) is 3.57. The van der Waals surface area contributed by atoms with Crippen molar-refractivity contribution in [3.05, 3.63) is 29.8 Å². The highest BCUT2D eigenvalue weighted by Gasteiger charge is 2.06. The van der Waals surface area contributed by atoms with Crippen LogP contribution in [-0.4, -0.2) is 29.0 Å². The molecule has 3 N–H and O–H groups in total. The molecule has 0 bridgehead atoms. The number of nitrogen functional groups attached to an aromatic ring is 1. The van der Waals surface area contributed by atoms with E-state index in [-0.39, 0.29) is 5.95 Å². The average molecular weight is 314 g/mol. The highest BCUT2D eigenvalue weighted by molar-refractivity contribution is 5.55. The smallest absolute Gasteiger partial charge is 0.233 e. The van der Waals surface area contributed by atoms with Crippen LogP contribution in [0.15, 0.2) is 24.3 Å². The van der Waals surface area contributed by atoms with Crippen LogP contribution in [0.2, 0.25) is 0 Å². The molecule has 0 aliphatic carbocycles. The molecule has 0 amide bonds. The van der Waals surface area contributed by atoms with Crippen LogP contribution in [0.3, 0.4) is 0 Å². The van der Waals surface area contributed by atoms with E-state index in [4.69, 9.17) is 5.73 Å². The first-order valence-corrected chi connectivity index (χ1v) is 8.13. The molecule has 0 unspecified atom stereocenters. The molecule has 1 heterocycles. The molecule has 0 radical (unpaired) electrons. The number of aromatic nitrogens is 3. The van der Waals surface area contributed by atoms with Gasteiger partial charge >= 0.3 is 0 Å². The minimum atomic E-state index is 0.207. The van der Waals surface area contributed by atoms with Crippen molar-refractivity contribution in [1.82, 2.24) is 15.0 Å². The van der Waals surface area contributed by atoms with Gasteiger partial charge in [0.25, 0.3) is 0 Å². The maximum absolute atomic E-state index is 5.73. The van der Waals surface area contributed by atoms with Gasteiger partial charge in [0.2, 0.25) is 17.8 Å². The van der Waals surface area contributed by atoms with Crippen molar-refractivity contribution in [2.75, 3.05) is 30.0 Å². The highest BCUT2D eigenvalue weighted by atomic mass is 15.3. The molecule has 0 aliphatic rings. The lowest BCUT2D eigenvalue weighted by atomic mass is 10.1. The number of anilines is 4. The van der Waals surface area contributed by atoms with Crippen molar-refractivity contribution < 1.29 is 0 Å². The molecule has 0 spiro atoms. The van der Waals surface area contributed by atoms with Gasteiger partial charge in [-0.25, -0.2) is 0 Å². The molecule has 2 rings (SSSR count). The Morgan fingerprint density at radius 1 is 1.00 bits per heavy atom. The number of nitrogens with two attached hydrogens (primary N) is 1. The molecule has 0 saturated heterocycles. The van der Waals surface area contributed by atoms with E-state index in [1.165, 1.54) is 31.2 Å². The fourth-order valence-electron chi connectivity index (χ4n) is 2.28. The molecule has 2 aromatic rings. The van der Waals surface area contributed by atoms with E-state index in [2.05, 4.69) is 39.3 Å². The number of aryl methyl sites for hydroxylation is 1. The molecule has 23 heavy (non-hydrogen) atoms. The van der Waals surface area contributed by atoms with Crippen LogP contribution in [-0.2, 0) is 6.42 Å². The van der Waals surface area contributed by atoms with Gasteiger partial charge in [0.05, 0.1) is 0 Å². The van der Waals surface area contributed by atoms with Crippen LogP contribution in [0.25, 0.3) is 0 Å².